The molecule has 0 spiro atoms. The van der Waals surface area contributed by atoms with Gasteiger partial charge < -0.3 is 4.90 Å². The average Bonchev–Trinajstić information content (AvgIpc) is 2.76. The van der Waals surface area contributed by atoms with Gasteiger partial charge in [-0.25, -0.2) is 5.10 Å². The quantitative estimate of drug-likeness (QED) is 0.838. The number of aromatic amines is 1. The van der Waals surface area contributed by atoms with Gasteiger partial charge in [0.25, 0.3) is 11.5 Å². The smallest absolute Gasteiger partial charge is 0.274 e. The summed E-state index contributed by atoms with van der Waals surface area (Å²) in [7, 11) is 0. The molecule has 1 aromatic rings. The van der Waals surface area contributed by atoms with Gasteiger partial charge in [-0.15, -0.1) is 0 Å². The van der Waals surface area contributed by atoms with E-state index in [4.69, 9.17) is 0 Å². The molecular weight excluding hydrogens is 234 g/mol. The molecule has 2 heterocycles. The highest BCUT2D eigenvalue weighted by Crippen LogP contribution is 2.21. The largest absolute Gasteiger partial charge is 0.334 e. The summed E-state index contributed by atoms with van der Waals surface area (Å²) in [6, 6.07) is 2.64. The highest BCUT2D eigenvalue weighted by Gasteiger charge is 2.30. The minimum atomic E-state index is -0.340. The van der Waals surface area contributed by atoms with Crippen LogP contribution in [0.1, 0.15) is 36.7 Å². The van der Waals surface area contributed by atoms with E-state index < -0.39 is 0 Å². The minimum absolute atomic E-state index is 0.0382. The van der Waals surface area contributed by atoms with E-state index in [-0.39, 0.29) is 29.0 Å². The molecule has 1 aromatic heterocycles. The average molecular weight is 249 g/mol. The second-order valence-corrected chi connectivity index (χ2v) is 4.51. The molecule has 1 unspecified atom stereocenters. The van der Waals surface area contributed by atoms with Gasteiger partial charge in [-0.1, -0.05) is 0 Å². The fourth-order valence-corrected chi connectivity index (χ4v) is 2.26. The van der Waals surface area contributed by atoms with Crippen LogP contribution in [-0.4, -0.2) is 39.4 Å². The zero-order chi connectivity index (χ0) is 13.1. The van der Waals surface area contributed by atoms with Crippen LogP contribution in [0.2, 0.25) is 0 Å². The van der Waals surface area contributed by atoms with Crippen LogP contribution in [0.25, 0.3) is 0 Å². The van der Waals surface area contributed by atoms with E-state index in [0.717, 1.165) is 12.8 Å². The van der Waals surface area contributed by atoms with E-state index >= 15 is 0 Å². The molecule has 1 N–H and O–H groups in total. The number of likely N-dealkylation sites (tertiary alicyclic amines) is 1. The Morgan fingerprint density at radius 1 is 1.50 bits per heavy atom. The third kappa shape index (κ3) is 2.64. The number of carbonyl (C=O) groups is 2. The number of ketones is 1. The summed E-state index contributed by atoms with van der Waals surface area (Å²) in [6.45, 7) is 2.16. The van der Waals surface area contributed by atoms with Crippen molar-refractivity contribution >= 4 is 11.7 Å². The Morgan fingerprint density at radius 2 is 2.28 bits per heavy atom. The molecule has 0 bridgehead atoms. The lowest BCUT2D eigenvalue weighted by molar-refractivity contribution is -0.117. The van der Waals surface area contributed by atoms with Gasteiger partial charge in [0.15, 0.2) is 0 Å². The number of hydrogen-bond donors (Lipinski definition) is 1. The highest BCUT2D eigenvalue weighted by atomic mass is 16.2. The topological polar surface area (TPSA) is 83.1 Å². The number of H-pyrrole nitrogens is 1. The van der Waals surface area contributed by atoms with Crippen molar-refractivity contribution in [3.63, 3.8) is 0 Å². The van der Waals surface area contributed by atoms with Gasteiger partial charge in [-0.3, -0.25) is 14.4 Å². The molecule has 1 fully saturated rings. The van der Waals surface area contributed by atoms with Crippen molar-refractivity contribution in [1.29, 1.82) is 0 Å². The highest BCUT2D eigenvalue weighted by molar-refractivity contribution is 5.92. The number of carbonyl (C=O) groups excluding carboxylic acids is 2. The van der Waals surface area contributed by atoms with E-state index in [1.807, 2.05) is 0 Å². The van der Waals surface area contributed by atoms with Crippen LogP contribution >= 0.6 is 0 Å². The Kier molecular flexibility index (Phi) is 3.55. The zero-order valence-corrected chi connectivity index (χ0v) is 10.2. The molecule has 6 heteroatoms. The van der Waals surface area contributed by atoms with Crippen LogP contribution in [0.4, 0.5) is 0 Å². The fourth-order valence-electron chi connectivity index (χ4n) is 2.26. The molecule has 1 aliphatic heterocycles. The zero-order valence-electron chi connectivity index (χ0n) is 10.2. The summed E-state index contributed by atoms with van der Waals surface area (Å²) in [5, 5.41) is 5.96. The molecule has 0 radical (unpaired) electrons. The first-order valence-corrected chi connectivity index (χ1v) is 5.94. The summed E-state index contributed by atoms with van der Waals surface area (Å²) < 4.78 is 0. The first-order valence-electron chi connectivity index (χ1n) is 5.94. The van der Waals surface area contributed by atoms with Crippen molar-refractivity contribution in [3.8, 4) is 0 Å². The van der Waals surface area contributed by atoms with Crippen LogP contribution in [0.3, 0.4) is 0 Å². The summed E-state index contributed by atoms with van der Waals surface area (Å²) in [5.74, 6) is -0.149. The molecule has 6 nitrogen and oxygen atoms in total. The summed E-state index contributed by atoms with van der Waals surface area (Å²) >= 11 is 0. The van der Waals surface area contributed by atoms with Gasteiger partial charge in [0.2, 0.25) is 0 Å². The van der Waals surface area contributed by atoms with Gasteiger partial charge in [0, 0.05) is 25.1 Å². The normalized spacial score (nSPS) is 18.9. The van der Waals surface area contributed by atoms with E-state index in [9.17, 15) is 14.4 Å². The number of hydrogen-bond acceptors (Lipinski definition) is 4. The van der Waals surface area contributed by atoms with Gasteiger partial charge in [-0.2, -0.15) is 5.10 Å². The van der Waals surface area contributed by atoms with Crippen LogP contribution < -0.4 is 5.56 Å². The summed E-state index contributed by atoms with van der Waals surface area (Å²) in [4.78, 5) is 35.9. The van der Waals surface area contributed by atoms with E-state index in [1.54, 1.807) is 4.90 Å². The molecule has 1 amide bonds. The van der Waals surface area contributed by atoms with Gasteiger partial charge in [-0.05, 0) is 25.8 Å². The number of aromatic nitrogens is 2. The lowest BCUT2D eigenvalue weighted by Crippen LogP contribution is -2.37. The number of rotatable bonds is 3. The Balaban J connectivity index is 2.14. The van der Waals surface area contributed by atoms with Crippen molar-refractivity contribution in [2.45, 2.75) is 32.2 Å². The fraction of sp³-hybridized carbons (Fsp3) is 0.500. The predicted molar refractivity (Wildman–Crippen MR) is 64.2 cm³/mol. The Bertz CT molecular complexity index is 503. The molecular formula is C12H15N3O3. The van der Waals surface area contributed by atoms with Crippen molar-refractivity contribution in [1.82, 2.24) is 15.1 Å². The van der Waals surface area contributed by atoms with Gasteiger partial charge in [0.1, 0.15) is 11.5 Å². The minimum Gasteiger partial charge on any atom is -0.334 e. The second-order valence-electron chi connectivity index (χ2n) is 4.51. The first-order chi connectivity index (χ1) is 8.58. The summed E-state index contributed by atoms with van der Waals surface area (Å²) in [6.07, 6.45) is 2.12. The summed E-state index contributed by atoms with van der Waals surface area (Å²) in [5.41, 5.74) is -0.127. The number of nitrogens with zero attached hydrogens (tertiary/aromatic N) is 2. The third-order valence-corrected chi connectivity index (χ3v) is 3.06. The maximum Gasteiger partial charge on any atom is 0.274 e. The maximum atomic E-state index is 12.2. The lowest BCUT2D eigenvalue weighted by atomic mass is 10.1. The molecule has 1 aliphatic rings. The standard InChI is InChI=1S/C12H15N3O3/c1-8(16)7-9-3-2-6-15(9)12(18)10-4-5-11(17)14-13-10/h4-5,9H,2-3,6-7H2,1H3,(H,14,17). The van der Waals surface area contributed by atoms with E-state index in [1.165, 1.54) is 19.1 Å². The molecule has 0 saturated carbocycles. The van der Waals surface area contributed by atoms with Gasteiger partial charge >= 0.3 is 0 Å². The SMILES string of the molecule is CC(=O)CC1CCCN1C(=O)c1ccc(=O)[nH]n1. The number of amides is 1. The van der Waals surface area contributed by atoms with E-state index in [2.05, 4.69) is 10.2 Å². The monoisotopic (exact) mass is 249 g/mol. The second kappa shape index (κ2) is 5.12. The van der Waals surface area contributed by atoms with E-state index in [0.29, 0.717) is 13.0 Å². The van der Waals surface area contributed by atoms with Crippen molar-refractivity contribution < 1.29 is 9.59 Å². The van der Waals surface area contributed by atoms with Crippen molar-refractivity contribution in [3.05, 3.63) is 28.2 Å². The van der Waals surface area contributed by atoms with Crippen LogP contribution in [0.15, 0.2) is 16.9 Å². The molecule has 0 aromatic carbocycles. The Labute approximate surface area is 104 Å². The molecule has 1 saturated heterocycles. The van der Waals surface area contributed by atoms with Crippen LogP contribution in [0, 0.1) is 0 Å². The van der Waals surface area contributed by atoms with Crippen LogP contribution in [0.5, 0.6) is 0 Å². The Morgan fingerprint density at radius 3 is 2.89 bits per heavy atom. The maximum absolute atomic E-state index is 12.2. The van der Waals surface area contributed by atoms with Crippen molar-refractivity contribution in [2.24, 2.45) is 0 Å². The molecule has 96 valence electrons. The van der Waals surface area contributed by atoms with Crippen molar-refractivity contribution in [2.75, 3.05) is 6.54 Å². The molecule has 18 heavy (non-hydrogen) atoms. The van der Waals surface area contributed by atoms with Gasteiger partial charge in [0.05, 0.1) is 0 Å². The van der Waals surface area contributed by atoms with Crippen LogP contribution in [-0.2, 0) is 4.79 Å². The third-order valence-electron chi connectivity index (χ3n) is 3.06. The molecule has 1 atom stereocenters. The molecule has 2 rings (SSSR count). The molecule has 0 aliphatic carbocycles. The predicted octanol–water partition coefficient (Wildman–Crippen LogP) is 0.354. The lowest BCUT2D eigenvalue weighted by Gasteiger charge is -2.23. The number of nitrogens with one attached hydrogen (secondary N) is 1. The Hall–Kier alpha value is -1.98. The first kappa shape index (κ1) is 12.5. The number of Topliss-reactive ketones (excluding diaryl/α,β-unsaturated/α-hetero) is 1.